The molecule has 0 aromatic heterocycles. The van der Waals surface area contributed by atoms with Gasteiger partial charge in [0.2, 0.25) is 0 Å². The van der Waals surface area contributed by atoms with Gasteiger partial charge in [-0.05, 0) is 37.6 Å². The molecule has 0 spiro atoms. The number of hydrogen-bond acceptors (Lipinski definition) is 5. The van der Waals surface area contributed by atoms with Crippen LogP contribution in [0.25, 0.3) is 0 Å². The molecule has 34 heavy (non-hydrogen) atoms. The fourth-order valence-corrected chi connectivity index (χ4v) is 4.04. The highest BCUT2D eigenvalue weighted by atomic mass is 16.5. The van der Waals surface area contributed by atoms with Gasteiger partial charge < -0.3 is 10.1 Å². The second-order valence-corrected chi connectivity index (χ2v) is 9.22. The molecular weight excluding hydrogens is 426 g/mol. The lowest BCUT2D eigenvalue weighted by Gasteiger charge is -2.08. The highest BCUT2D eigenvalue weighted by molar-refractivity contribution is 6.11. The molecule has 0 bridgehead atoms. The summed E-state index contributed by atoms with van der Waals surface area (Å²) in [6.07, 6.45) is 18.3. The Morgan fingerprint density at radius 1 is 0.676 bits per heavy atom. The number of ether oxygens (including phenoxy) is 1. The van der Waals surface area contributed by atoms with Crippen LogP contribution < -0.4 is 5.32 Å². The van der Waals surface area contributed by atoms with Gasteiger partial charge in [-0.2, -0.15) is 0 Å². The van der Waals surface area contributed by atoms with Gasteiger partial charge >= 0.3 is 5.97 Å². The standard InChI is InChI=1S/C29H47NO4/c1-3-5-6-7-8-9-10-11-12-13-14-15-16-17-22-30-26-20-18-25(19-21-26)28(32)23-27(31)24-29(33)34-4-2/h18-21,30H,3-17,22-24H2,1-2H3. The Labute approximate surface area is 207 Å². The predicted molar refractivity (Wildman–Crippen MR) is 140 cm³/mol. The van der Waals surface area contributed by atoms with Crippen LogP contribution in [0.15, 0.2) is 24.3 Å². The number of hydrogen-bond donors (Lipinski definition) is 1. The summed E-state index contributed by atoms with van der Waals surface area (Å²) in [7, 11) is 0. The van der Waals surface area contributed by atoms with Crippen molar-refractivity contribution in [1.29, 1.82) is 0 Å². The summed E-state index contributed by atoms with van der Waals surface area (Å²) >= 11 is 0. The van der Waals surface area contributed by atoms with E-state index in [0.717, 1.165) is 18.7 Å². The van der Waals surface area contributed by atoms with E-state index in [1.165, 1.54) is 83.5 Å². The molecule has 0 amide bonds. The molecule has 1 aromatic rings. The van der Waals surface area contributed by atoms with E-state index in [2.05, 4.69) is 12.2 Å². The van der Waals surface area contributed by atoms with Crippen LogP contribution in [-0.4, -0.2) is 30.7 Å². The molecule has 0 radical (unpaired) electrons. The third-order valence-corrected chi connectivity index (χ3v) is 6.07. The van der Waals surface area contributed by atoms with Gasteiger partial charge in [0.25, 0.3) is 0 Å². The molecule has 0 unspecified atom stereocenters. The number of nitrogens with one attached hydrogen (secondary N) is 1. The molecule has 1 rings (SSSR count). The lowest BCUT2D eigenvalue weighted by atomic mass is 10.0. The van der Waals surface area contributed by atoms with E-state index >= 15 is 0 Å². The topological polar surface area (TPSA) is 72.5 Å². The number of carbonyl (C=O) groups excluding carboxylic acids is 3. The molecule has 0 saturated carbocycles. The van der Waals surface area contributed by atoms with Gasteiger partial charge in [-0.3, -0.25) is 14.4 Å². The number of benzene rings is 1. The zero-order valence-electron chi connectivity index (χ0n) is 21.7. The van der Waals surface area contributed by atoms with E-state index in [9.17, 15) is 14.4 Å². The summed E-state index contributed by atoms with van der Waals surface area (Å²) in [6, 6.07) is 7.20. The number of rotatable bonds is 22. The Morgan fingerprint density at radius 2 is 1.18 bits per heavy atom. The van der Waals surface area contributed by atoms with E-state index in [0.29, 0.717) is 5.56 Å². The average Bonchev–Trinajstić information content (AvgIpc) is 2.82. The van der Waals surface area contributed by atoms with Crippen LogP contribution in [0.2, 0.25) is 0 Å². The molecule has 0 aliphatic heterocycles. The maximum atomic E-state index is 12.2. The molecular formula is C29H47NO4. The Bertz CT molecular complexity index is 684. The monoisotopic (exact) mass is 473 g/mol. The maximum absolute atomic E-state index is 12.2. The van der Waals surface area contributed by atoms with Crippen LogP contribution in [-0.2, 0) is 14.3 Å². The molecule has 0 aliphatic carbocycles. The fraction of sp³-hybridized carbons (Fsp3) is 0.690. The number of esters is 1. The van der Waals surface area contributed by atoms with Crippen LogP contribution in [0, 0.1) is 0 Å². The highest BCUT2D eigenvalue weighted by Gasteiger charge is 2.15. The van der Waals surface area contributed by atoms with Gasteiger partial charge in [-0.1, -0.05) is 90.4 Å². The van der Waals surface area contributed by atoms with Gasteiger partial charge in [-0.15, -0.1) is 0 Å². The molecule has 192 valence electrons. The van der Waals surface area contributed by atoms with E-state index in [1.54, 1.807) is 19.1 Å². The smallest absolute Gasteiger partial charge is 0.313 e. The summed E-state index contributed by atoms with van der Waals surface area (Å²) < 4.78 is 4.74. The van der Waals surface area contributed by atoms with Crippen molar-refractivity contribution >= 4 is 23.2 Å². The molecule has 0 saturated heterocycles. The number of anilines is 1. The molecule has 1 aromatic carbocycles. The Balaban J connectivity index is 2.03. The first-order valence-electron chi connectivity index (χ1n) is 13.6. The van der Waals surface area contributed by atoms with Crippen molar-refractivity contribution in [3.05, 3.63) is 29.8 Å². The molecule has 0 aliphatic rings. The van der Waals surface area contributed by atoms with Crippen molar-refractivity contribution in [3.63, 3.8) is 0 Å². The van der Waals surface area contributed by atoms with Crippen molar-refractivity contribution in [2.75, 3.05) is 18.5 Å². The lowest BCUT2D eigenvalue weighted by molar-refractivity contribution is -0.145. The molecule has 5 heteroatoms. The summed E-state index contributed by atoms with van der Waals surface area (Å²) in [4.78, 5) is 35.4. The van der Waals surface area contributed by atoms with Crippen molar-refractivity contribution in [3.8, 4) is 0 Å². The maximum Gasteiger partial charge on any atom is 0.313 e. The number of ketones is 2. The number of unbranched alkanes of at least 4 members (excludes halogenated alkanes) is 13. The van der Waals surface area contributed by atoms with Crippen molar-refractivity contribution in [2.45, 2.75) is 117 Å². The zero-order chi connectivity index (χ0) is 24.9. The van der Waals surface area contributed by atoms with E-state index < -0.39 is 11.8 Å². The Morgan fingerprint density at radius 3 is 1.68 bits per heavy atom. The largest absolute Gasteiger partial charge is 0.466 e. The van der Waals surface area contributed by atoms with Crippen molar-refractivity contribution < 1.29 is 19.1 Å². The van der Waals surface area contributed by atoms with Crippen LogP contribution >= 0.6 is 0 Å². The molecule has 0 fully saturated rings. The quantitative estimate of drug-likeness (QED) is 0.0809. The second kappa shape index (κ2) is 20.2. The minimum Gasteiger partial charge on any atom is -0.466 e. The number of Topliss-reactive ketones (excluding diaryl/α,β-unsaturated/α-hetero) is 2. The minimum absolute atomic E-state index is 0.230. The van der Waals surface area contributed by atoms with Crippen LogP contribution in [0.5, 0.6) is 0 Å². The molecule has 1 N–H and O–H groups in total. The second-order valence-electron chi connectivity index (χ2n) is 9.22. The van der Waals surface area contributed by atoms with E-state index in [1.807, 2.05) is 12.1 Å². The van der Waals surface area contributed by atoms with Crippen LogP contribution in [0.3, 0.4) is 0 Å². The Hall–Kier alpha value is -2.17. The van der Waals surface area contributed by atoms with Crippen molar-refractivity contribution in [1.82, 2.24) is 0 Å². The third kappa shape index (κ3) is 15.6. The van der Waals surface area contributed by atoms with Gasteiger partial charge in [0.15, 0.2) is 11.6 Å². The summed E-state index contributed by atoms with van der Waals surface area (Å²) in [5.41, 5.74) is 1.46. The first kappa shape index (κ1) is 29.9. The summed E-state index contributed by atoms with van der Waals surface area (Å²) in [6.45, 7) is 5.10. The van der Waals surface area contributed by atoms with Gasteiger partial charge in [0.1, 0.15) is 6.42 Å². The molecule has 0 atom stereocenters. The van der Waals surface area contributed by atoms with Crippen LogP contribution in [0.4, 0.5) is 5.69 Å². The summed E-state index contributed by atoms with van der Waals surface area (Å²) in [5, 5.41) is 3.40. The van der Waals surface area contributed by atoms with E-state index in [-0.39, 0.29) is 25.2 Å². The third-order valence-electron chi connectivity index (χ3n) is 6.07. The normalized spacial score (nSPS) is 10.8. The fourth-order valence-electron chi connectivity index (χ4n) is 4.04. The minimum atomic E-state index is -0.580. The highest BCUT2D eigenvalue weighted by Crippen LogP contribution is 2.14. The molecule has 5 nitrogen and oxygen atoms in total. The predicted octanol–water partition coefficient (Wildman–Crippen LogP) is 7.67. The summed E-state index contributed by atoms with van der Waals surface area (Å²) in [5.74, 6) is -1.26. The van der Waals surface area contributed by atoms with Crippen LogP contribution in [0.1, 0.15) is 127 Å². The zero-order valence-corrected chi connectivity index (χ0v) is 21.7. The van der Waals surface area contributed by atoms with Crippen molar-refractivity contribution in [2.24, 2.45) is 0 Å². The molecule has 0 heterocycles. The van der Waals surface area contributed by atoms with E-state index in [4.69, 9.17) is 4.74 Å². The number of carbonyl (C=O) groups is 3. The van der Waals surface area contributed by atoms with Gasteiger partial charge in [0, 0.05) is 17.8 Å². The lowest BCUT2D eigenvalue weighted by Crippen LogP contribution is -2.14. The first-order valence-corrected chi connectivity index (χ1v) is 13.6. The SMILES string of the molecule is CCCCCCCCCCCCCCCCNc1ccc(C(=O)CC(=O)CC(=O)OCC)cc1. The average molecular weight is 474 g/mol. The Kier molecular flexibility index (Phi) is 17.8. The van der Waals surface area contributed by atoms with Gasteiger partial charge in [-0.25, -0.2) is 0 Å². The van der Waals surface area contributed by atoms with Gasteiger partial charge in [0.05, 0.1) is 13.0 Å². The first-order chi connectivity index (χ1) is 16.6.